The van der Waals surface area contributed by atoms with E-state index in [9.17, 15) is 13.6 Å². The quantitative estimate of drug-likeness (QED) is 0.725. The standard InChI is InChI=1S/C13H18F2N2O2/c1-8(11(16)9-5-3-2-4-6-9)13(19)17-7-10(18)12(14)15/h2-6,8,10-12,18H,7,16H2,1H3,(H,17,19). The molecule has 0 aliphatic heterocycles. The smallest absolute Gasteiger partial charge is 0.265 e. The first-order chi connectivity index (χ1) is 8.93. The van der Waals surface area contributed by atoms with E-state index >= 15 is 0 Å². The van der Waals surface area contributed by atoms with Gasteiger partial charge in [-0.25, -0.2) is 8.78 Å². The third kappa shape index (κ3) is 4.57. The minimum atomic E-state index is -2.88. The summed E-state index contributed by atoms with van der Waals surface area (Å²) in [6.07, 6.45) is -4.73. The topological polar surface area (TPSA) is 75.3 Å². The van der Waals surface area contributed by atoms with Crippen LogP contribution < -0.4 is 11.1 Å². The average molecular weight is 272 g/mol. The number of aliphatic hydroxyl groups is 1. The highest BCUT2D eigenvalue weighted by Gasteiger charge is 2.24. The van der Waals surface area contributed by atoms with Gasteiger partial charge in [-0.1, -0.05) is 37.3 Å². The van der Waals surface area contributed by atoms with Crippen LogP contribution in [-0.2, 0) is 4.79 Å². The number of halogens is 2. The van der Waals surface area contributed by atoms with Gasteiger partial charge in [0.1, 0.15) is 6.10 Å². The van der Waals surface area contributed by atoms with E-state index in [1.807, 2.05) is 6.07 Å². The van der Waals surface area contributed by atoms with Gasteiger partial charge in [-0.05, 0) is 5.56 Å². The van der Waals surface area contributed by atoms with Gasteiger partial charge in [-0.2, -0.15) is 0 Å². The SMILES string of the molecule is CC(C(=O)NCC(O)C(F)F)C(N)c1ccccc1. The summed E-state index contributed by atoms with van der Waals surface area (Å²) in [5.41, 5.74) is 6.73. The Bertz CT molecular complexity index is 401. The molecule has 0 fully saturated rings. The summed E-state index contributed by atoms with van der Waals surface area (Å²) in [6.45, 7) is 1.13. The fourth-order valence-corrected chi connectivity index (χ4v) is 1.58. The second-order valence-electron chi connectivity index (χ2n) is 4.37. The minimum absolute atomic E-state index is 0.462. The summed E-state index contributed by atoms with van der Waals surface area (Å²) < 4.78 is 24.2. The molecule has 4 N–H and O–H groups in total. The molecule has 3 unspecified atom stereocenters. The first kappa shape index (κ1) is 15.5. The minimum Gasteiger partial charge on any atom is -0.385 e. The fraction of sp³-hybridized carbons (Fsp3) is 0.462. The van der Waals surface area contributed by atoms with Gasteiger partial charge in [0.15, 0.2) is 0 Å². The fourth-order valence-electron chi connectivity index (χ4n) is 1.58. The van der Waals surface area contributed by atoms with Gasteiger partial charge in [-0.15, -0.1) is 0 Å². The molecular formula is C13H18F2N2O2. The highest BCUT2D eigenvalue weighted by Crippen LogP contribution is 2.18. The number of hydrogen-bond acceptors (Lipinski definition) is 3. The van der Waals surface area contributed by atoms with Gasteiger partial charge in [-0.3, -0.25) is 4.79 Å². The van der Waals surface area contributed by atoms with Crippen molar-refractivity contribution in [1.29, 1.82) is 0 Å². The molecular weight excluding hydrogens is 254 g/mol. The van der Waals surface area contributed by atoms with Crippen LogP contribution in [0.2, 0.25) is 0 Å². The van der Waals surface area contributed by atoms with Gasteiger partial charge >= 0.3 is 0 Å². The molecule has 106 valence electrons. The maximum atomic E-state index is 12.1. The van der Waals surface area contributed by atoms with E-state index in [1.165, 1.54) is 0 Å². The second kappa shape index (κ2) is 7.16. The number of aliphatic hydroxyl groups excluding tert-OH is 1. The molecule has 1 aromatic carbocycles. The summed E-state index contributed by atoms with van der Waals surface area (Å²) in [7, 11) is 0. The zero-order chi connectivity index (χ0) is 14.4. The molecule has 4 nitrogen and oxygen atoms in total. The lowest BCUT2D eigenvalue weighted by Gasteiger charge is -2.20. The monoisotopic (exact) mass is 272 g/mol. The molecule has 1 aromatic rings. The van der Waals surface area contributed by atoms with Crippen molar-refractivity contribution in [3.8, 4) is 0 Å². The zero-order valence-corrected chi connectivity index (χ0v) is 10.6. The Kier molecular flexibility index (Phi) is 5.85. The molecule has 0 spiro atoms. The van der Waals surface area contributed by atoms with E-state index < -0.39 is 36.9 Å². The van der Waals surface area contributed by atoms with E-state index in [0.717, 1.165) is 5.56 Å². The molecule has 19 heavy (non-hydrogen) atoms. The van der Waals surface area contributed by atoms with E-state index in [1.54, 1.807) is 31.2 Å². The van der Waals surface area contributed by atoms with Crippen molar-refractivity contribution in [2.75, 3.05) is 6.54 Å². The Morgan fingerprint density at radius 3 is 2.47 bits per heavy atom. The maximum Gasteiger partial charge on any atom is 0.265 e. The molecule has 0 heterocycles. The lowest BCUT2D eigenvalue weighted by atomic mass is 9.94. The van der Waals surface area contributed by atoms with Crippen molar-refractivity contribution in [1.82, 2.24) is 5.32 Å². The molecule has 3 atom stereocenters. The average Bonchev–Trinajstić information content (AvgIpc) is 2.43. The van der Waals surface area contributed by atoms with Crippen molar-refractivity contribution in [2.45, 2.75) is 25.5 Å². The van der Waals surface area contributed by atoms with Crippen LogP contribution in [0.3, 0.4) is 0 Å². The van der Waals surface area contributed by atoms with Crippen LogP contribution in [0.4, 0.5) is 8.78 Å². The number of benzene rings is 1. The van der Waals surface area contributed by atoms with Gasteiger partial charge in [0.25, 0.3) is 6.43 Å². The summed E-state index contributed by atoms with van der Waals surface area (Å²) >= 11 is 0. The molecule has 0 radical (unpaired) electrons. The van der Waals surface area contributed by atoms with Crippen LogP contribution in [0.15, 0.2) is 30.3 Å². The van der Waals surface area contributed by atoms with Crippen molar-refractivity contribution in [3.05, 3.63) is 35.9 Å². The predicted molar refractivity (Wildman–Crippen MR) is 67.6 cm³/mol. The predicted octanol–water partition coefficient (Wildman–Crippen LogP) is 1.06. The van der Waals surface area contributed by atoms with Gasteiger partial charge in [0.2, 0.25) is 5.91 Å². The number of amides is 1. The number of alkyl halides is 2. The number of nitrogens with two attached hydrogens (primary N) is 1. The van der Waals surface area contributed by atoms with Crippen LogP contribution >= 0.6 is 0 Å². The molecule has 0 saturated heterocycles. The normalized spacial score (nSPS) is 15.9. The Morgan fingerprint density at radius 1 is 1.37 bits per heavy atom. The van der Waals surface area contributed by atoms with E-state index in [4.69, 9.17) is 10.8 Å². The lowest BCUT2D eigenvalue weighted by Crippen LogP contribution is -2.41. The van der Waals surface area contributed by atoms with Gasteiger partial charge in [0, 0.05) is 12.6 Å². The molecule has 6 heteroatoms. The Balaban J connectivity index is 2.53. The number of rotatable bonds is 6. The third-order valence-corrected chi connectivity index (χ3v) is 2.91. The first-order valence-corrected chi connectivity index (χ1v) is 5.98. The zero-order valence-electron chi connectivity index (χ0n) is 10.6. The van der Waals surface area contributed by atoms with E-state index in [0.29, 0.717) is 0 Å². The Morgan fingerprint density at radius 2 is 1.95 bits per heavy atom. The molecule has 0 saturated carbocycles. The largest absolute Gasteiger partial charge is 0.385 e. The molecule has 0 bridgehead atoms. The van der Waals surface area contributed by atoms with E-state index in [-0.39, 0.29) is 0 Å². The highest BCUT2D eigenvalue weighted by molar-refractivity contribution is 5.79. The number of hydrogen-bond donors (Lipinski definition) is 3. The first-order valence-electron chi connectivity index (χ1n) is 5.98. The Hall–Kier alpha value is -1.53. The lowest BCUT2D eigenvalue weighted by molar-refractivity contribution is -0.126. The van der Waals surface area contributed by atoms with Crippen molar-refractivity contribution in [3.63, 3.8) is 0 Å². The van der Waals surface area contributed by atoms with Crippen molar-refractivity contribution in [2.24, 2.45) is 11.7 Å². The number of carbonyl (C=O) groups excluding carboxylic acids is 1. The molecule has 0 aliphatic rings. The highest BCUT2D eigenvalue weighted by atomic mass is 19.3. The van der Waals surface area contributed by atoms with Crippen LogP contribution in [0.1, 0.15) is 18.5 Å². The number of carbonyl (C=O) groups is 1. The molecule has 1 rings (SSSR count). The summed E-state index contributed by atoms with van der Waals surface area (Å²) in [5.74, 6) is -1.04. The summed E-state index contributed by atoms with van der Waals surface area (Å²) in [4.78, 5) is 11.7. The van der Waals surface area contributed by atoms with Crippen molar-refractivity contribution >= 4 is 5.91 Å². The van der Waals surface area contributed by atoms with Gasteiger partial charge < -0.3 is 16.2 Å². The third-order valence-electron chi connectivity index (χ3n) is 2.91. The second-order valence-corrected chi connectivity index (χ2v) is 4.37. The molecule has 1 amide bonds. The summed E-state index contributed by atoms with van der Waals surface area (Å²) in [6, 6.07) is 8.51. The van der Waals surface area contributed by atoms with Crippen LogP contribution in [0, 0.1) is 5.92 Å². The Labute approximate surface area is 110 Å². The number of nitrogens with one attached hydrogen (secondary N) is 1. The van der Waals surface area contributed by atoms with Crippen molar-refractivity contribution < 1.29 is 18.7 Å². The maximum absolute atomic E-state index is 12.1. The molecule has 0 aromatic heterocycles. The van der Waals surface area contributed by atoms with Crippen LogP contribution in [-0.4, -0.2) is 30.1 Å². The van der Waals surface area contributed by atoms with Crippen LogP contribution in [0.5, 0.6) is 0 Å². The van der Waals surface area contributed by atoms with Gasteiger partial charge in [0.05, 0.1) is 5.92 Å². The molecule has 0 aliphatic carbocycles. The van der Waals surface area contributed by atoms with E-state index in [2.05, 4.69) is 5.32 Å². The van der Waals surface area contributed by atoms with Crippen LogP contribution in [0.25, 0.3) is 0 Å². The summed E-state index contributed by atoms with van der Waals surface area (Å²) in [5, 5.41) is 11.2.